The fourth-order valence-corrected chi connectivity index (χ4v) is 2.25. The molecule has 2 N–H and O–H groups in total. The normalized spacial score (nSPS) is 10.9. The Bertz CT molecular complexity index is 795. The Hall–Kier alpha value is -2.56. The van der Waals surface area contributed by atoms with Gasteiger partial charge in [-0.3, -0.25) is 0 Å². The summed E-state index contributed by atoms with van der Waals surface area (Å²) in [4.78, 5) is 4.57. The van der Waals surface area contributed by atoms with Crippen molar-refractivity contribution < 1.29 is 9.13 Å². The van der Waals surface area contributed by atoms with Gasteiger partial charge in [0.05, 0.1) is 23.8 Å². The predicted octanol–water partition coefficient (Wildman–Crippen LogP) is 2.97. The van der Waals surface area contributed by atoms with Crippen LogP contribution in [0, 0.1) is 5.82 Å². The molecule has 3 aromatic rings. The standard InChI is InChI=1S/C15H14FN3O/c1-19-14-6-4-10(20-2)8-13(14)18-15(19)9-3-5-11(16)12(17)7-9/h3-8H,17H2,1-2H3. The lowest BCUT2D eigenvalue weighted by Gasteiger charge is -2.04. The molecule has 0 amide bonds. The van der Waals surface area contributed by atoms with Gasteiger partial charge in [-0.25, -0.2) is 9.37 Å². The van der Waals surface area contributed by atoms with Gasteiger partial charge in [-0.1, -0.05) is 0 Å². The van der Waals surface area contributed by atoms with Crippen LogP contribution in [0.1, 0.15) is 0 Å². The van der Waals surface area contributed by atoms with Crippen LogP contribution in [-0.4, -0.2) is 16.7 Å². The highest BCUT2D eigenvalue weighted by molar-refractivity contribution is 5.82. The first kappa shape index (κ1) is 12.5. The number of hydrogen-bond acceptors (Lipinski definition) is 3. The summed E-state index contributed by atoms with van der Waals surface area (Å²) in [6, 6.07) is 10.3. The molecule has 5 heteroatoms. The highest BCUT2D eigenvalue weighted by Gasteiger charge is 2.11. The number of halogens is 1. The number of imidazole rings is 1. The van der Waals surface area contributed by atoms with Crippen molar-refractivity contribution in [2.75, 3.05) is 12.8 Å². The zero-order chi connectivity index (χ0) is 14.3. The maximum atomic E-state index is 13.2. The summed E-state index contributed by atoms with van der Waals surface area (Å²) in [6.45, 7) is 0. The van der Waals surface area contributed by atoms with Crippen molar-refractivity contribution in [1.29, 1.82) is 0 Å². The third kappa shape index (κ3) is 1.87. The topological polar surface area (TPSA) is 53.1 Å². The van der Waals surface area contributed by atoms with Crippen molar-refractivity contribution in [2.45, 2.75) is 0 Å². The summed E-state index contributed by atoms with van der Waals surface area (Å²) in [5.74, 6) is 1.06. The molecule has 2 aromatic carbocycles. The Kier molecular flexibility index (Phi) is 2.82. The summed E-state index contributed by atoms with van der Waals surface area (Å²) >= 11 is 0. The first-order valence-electron chi connectivity index (χ1n) is 6.16. The molecule has 1 heterocycles. The van der Waals surface area contributed by atoms with E-state index >= 15 is 0 Å². The fourth-order valence-electron chi connectivity index (χ4n) is 2.25. The van der Waals surface area contributed by atoms with Crippen molar-refractivity contribution >= 4 is 16.7 Å². The molecule has 20 heavy (non-hydrogen) atoms. The summed E-state index contributed by atoms with van der Waals surface area (Å²) in [7, 11) is 3.53. The van der Waals surface area contributed by atoms with Gasteiger partial charge in [-0.15, -0.1) is 0 Å². The zero-order valence-corrected chi connectivity index (χ0v) is 11.2. The molecule has 0 radical (unpaired) electrons. The van der Waals surface area contributed by atoms with Gasteiger partial charge in [-0.2, -0.15) is 0 Å². The van der Waals surface area contributed by atoms with Crippen LogP contribution in [0.25, 0.3) is 22.4 Å². The van der Waals surface area contributed by atoms with Gasteiger partial charge in [0.2, 0.25) is 0 Å². The number of nitrogens with zero attached hydrogens (tertiary/aromatic N) is 2. The predicted molar refractivity (Wildman–Crippen MR) is 77.1 cm³/mol. The second-order valence-corrected chi connectivity index (χ2v) is 4.59. The highest BCUT2D eigenvalue weighted by Crippen LogP contribution is 2.27. The lowest BCUT2D eigenvalue weighted by atomic mass is 10.2. The van der Waals surface area contributed by atoms with Gasteiger partial charge < -0.3 is 15.0 Å². The first-order chi connectivity index (χ1) is 9.60. The lowest BCUT2D eigenvalue weighted by molar-refractivity contribution is 0.415. The van der Waals surface area contributed by atoms with E-state index in [1.54, 1.807) is 19.2 Å². The van der Waals surface area contributed by atoms with Gasteiger partial charge >= 0.3 is 0 Å². The van der Waals surface area contributed by atoms with Crippen molar-refractivity contribution in [3.05, 3.63) is 42.2 Å². The van der Waals surface area contributed by atoms with Crippen LogP contribution in [0.3, 0.4) is 0 Å². The summed E-state index contributed by atoms with van der Waals surface area (Å²) in [6.07, 6.45) is 0. The highest BCUT2D eigenvalue weighted by atomic mass is 19.1. The number of benzene rings is 2. The largest absolute Gasteiger partial charge is 0.497 e. The lowest BCUT2D eigenvalue weighted by Crippen LogP contribution is -1.95. The molecule has 0 saturated heterocycles. The number of rotatable bonds is 2. The molecular formula is C15H14FN3O. The number of fused-ring (bicyclic) bond motifs is 1. The van der Waals surface area contributed by atoms with Crippen LogP contribution < -0.4 is 10.5 Å². The second-order valence-electron chi connectivity index (χ2n) is 4.59. The molecule has 0 saturated carbocycles. The minimum atomic E-state index is -0.422. The number of ether oxygens (including phenoxy) is 1. The van der Waals surface area contributed by atoms with Crippen molar-refractivity contribution in [3.8, 4) is 17.1 Å². The third-order valence-electron chi connectivity index (χ3n) is 3.34. The monoisotopic (exact) mass is 271 g/mol. The van der Waals surface area contributed by atoms with E-state index in [0.29, 0.717) is 0 Å². The van der Waals surface area contributed by atoms with Crippen LogP contribution in [0.15, 0.2) is 36.4 Å². The molecule has 102 valence electrons. The molecule has 0 aliphatic heterocycles. The van der Waals surface area contributed by atoms with Crippen molar-refractivity contribution in [2.24, 2.45) is 7.05 Å². The van der Waals surface area contributed by atoms with Gasteiger partial charge in [0, 0.05) is 18.7 Å². The number of anilines is 1. The van der Waals surface area contributed by atoms with Crippen LogP contribution in [0.2, 0.25) is 0 Å². The van der Waals surface area contributed by atoms with E-state index in [1.165, 1.54) is 6.07 Å². The van der Waals surface area contributed by atoms with Gasteiger partial charge in [-0.05, 0) is 30.3 Å². The van der Waals surface area contributed by atoms with E-state index in [0.717, 1.165) is 28.2 Å². The van der Waals surface area contributed by atoms with Gasteiger partial charge in [0.25, 0.3) is 0 Å². The number of aromatic nitrogens is 2. The maximum Gasteiger partial charge on any atom is 0.146 e. The van der Waals surface area contributed by atoms with Gasteiger partial charge in [0.15, 0.2) is 0 Å². The number of hydrogen-bond donors (Lipinski definition) is 1. The van der Waals surface area contributed by atoms with Crippen molar-refractivity contribution in [1.82, 2.24) is 9.55 Å². The molecule has 0 unspecified atom stereocenters. The number of nitrogens with two attached hydrogens (primary N) is 1. The SMILES string of the molecule is COc1ccc2c(c1)nc(-c1ccc(F)c(N)c1)n2C. The summed E-state index contributed by atoms with van der Waals surface area (Å²) in [5, 5.41) is 0. The molecule has 3 rings (SSSR count). The average molecular weight is 271 g/mol. The fraction of sp³-hybridized carbons (Fsp3) is 0.133. The quantitative estimate of drug-likeness (QED) is 0.729. The molecule has 0 bridgehead atoms. The minimum absolute atomic E-state index is 0.118. The van der Waals surface area contributed by atoms with E-state index < -0.39 is 5.82 Å². The number of nitrogen functional groups attached to an aromatic ring is 1. The Morgan fingerprint density at radius 1 is 1.20 bits per heavy atom. The summed E-state index contributed by atoms with van der Waals surface area (Å²) in [5.41, 5.74) is 8.31. The molecule has 0 spiro atoms. The molecule has 0 aliphatic carbocycles. The Balaban J connectivity index is 2.20. The molecule has 4 nitrogen and oxygen atoms in total. The first-order valence-corrected chi connectivity index (χ1v) is 6.16. The third-order valence-corrected chi connectivity index (χ3v) is 3.34. The van der Waals surface area contributed by atoms with E-state index in [-0.39, 0.29) is 5.69 Å². The Morgan fingerprint density at radius 3 is 2.70 bits per heavy atom. The van der Waals surface area contributed by atoms with Crippen LogP contribution in [0.5, 0.6) is 5.75 Å². The maximum absolute atomic E-state index is 13.2. The average Bonchev–Trinajstić information content (AvgIpc) is 2.78. The Labute approximate surface area is 115 Å². The number of methoxy groups -OCH3 is 1. The molecule has 0 atom stereocenters. The second kappa shape index (κ2) is 4.52. The molecule has 0 aliphatic rings. The summed E-state index contributed by atoms with van der Waals surface area (Å²) < 4.78 is 20.4. The smallest absolute Gasteiger partial charge is 0.146 e. The van der Waals surface area contributed by atoms with Crippen LogP contribution in [0.4, 0.5) is 10.1 Å². The molecular weight excluding hydrogens is 257 g/mol. The minimum Gasteiger partial charge on any atom is -0.497 e. The number of aryl methyl sites for hydroxylation is 1. The molecule has 0 fully saturated rings. The van der Waals surface area contributed by atoms with Crippen molar-refractivity contribution in [3.63, 3.8) is 0 Å². The van der Waals surface area contributed by atoms with E-state index in [1.807, 2.05) is 29.8 Å². The molecule has 1 aromatic heterocycles. The van der Waals surface area contributed by atoms with E-state index in [2.05, 4.69) is 4.98 Å². The van der Waals surface area contributed by atoms with Crippen LogP contribution >= 0.6 is 0 Å². The van der Waals surface area contributed by atoms with Gasteiger partial charge in [0.1, 0.15) is 17.4 Å². The van der Waals surface area contributed by atoms with E-state index in [9.17, 15) is 4.39 Å². The zero-order valence-electron chi connectivity index (χ0n) is 11.2. The Morgan fingerprint density at radius 2 is 2.00 bits per heavy atom. The van der Waals surface area contributed by atoms with Crippen LogP contribution in [-0.2, 0) is 7.05 Å². The van der Waals surface area contributed by atoms with E-state index in [4.69, 9.17) is 10.5 Å².